The van der Waals surface area contributed by atoms with Crippen molar-refractivity contribution in [1.29, 1.82) is 0 Å². The van der Waals surface area contributed by atoms with Gasteiger partial charge in [-0.15, -0.1) is 11.6 Å². The molecule has 2 heterocycles. The van der Waals surface area contributed by atoms with Crippen molar-refractivity contribution < 1.29 is 0 Å². The number of rotatable bonds is 6. The van der Waals surface area contributed by atoms with Crippen molar-refractivity contribution in [3.8, 4) is 0 Å². The highest BCUT2D eigenvalue weighted by molar-refractivity contribution is 6.18. The lowest BCUT2D eigenvalue weighted by Gasteiger charge is -2.22. The van der Waals surface area contributed by atoms with Crippen LogP contribution in [0.25, 0.3) is 11.2 Å². The Morgan fingerprint density at radius 1 is 1.17 bits per heavy atom. The summed E-state index contributed by atoms with van der Waals surface area (Å²) < 4.78 is 0. The molecule has 0 bridgehead atoms. The minimum absolute atomic E-state index is 0.601. The normalized spacial score (nSPS) is 10.8. The maximum atomic E-state index is 5.85. The van der Waals surface area contributed by atoms with Crippen molar-refractivity contribution in [2.45, 2.75) is 19.8 Å². The third-order valence-electron chi connectivity index (χ3n) is 2.78. The summed E-state index contributed by atoms with van der Waals surface area (Å²) in [5, 5.41) is 0. The summed E-state index contributed by atoms with van der Waals surface area (Å²) >= 11 is 5.85. The SMILES string of the molecule is CCCCN(CCCl)c1ccc2nccnc2n1. The average Bonchev–Trinajstić information content (AvgIpc) is 2.43. The third kappa shape index (κ3) is 3.07. The average molecular weight is 265 g/mol. The van der Waals surface area contributed by atoms with E-state index < -0.39 is 0 Å². The van der Waals surface area contributed by atoms with Gasteiger partial charge >= 0.3 is 0 Å². The minimum atomic E-state index is 0.601. The van der Waals surface area contributed by atoms with Crippen molar-refractivity contribution in [2.24, 2.45) is 0 Å². The second kappa shape index (κ2) is 6.50. The molecule has 2 rings (SSSR count). The molecule has 0 aliphatic carbocycles. The monoisotopic (exact) mass is 264 g/mol. The standard InChI is InChI=1S/C13H17ClN4/c1-2-3-9-18(10-6-14)12-5-4-11-13(17-12)16-8-7-15-11/h4-5,7-8H,2-3,6,9-10H2,1H3. The van der Waals surface area contributed by atoms with Gasteiger partial charge in [0.25, 0.3) is 0 Å². The zero-order valence-electron chi connectivity index (χ0n) is 10.5. The van der Waals surface area contributed by atoms with Crippen LogP contribution in [0, 0.1) is 0 Å². The van der Waals surface area contributed by atoms with Gasteiger partial charge in [-0.2, -0.15) is 0 Å². The first-order valence-corrected chi connectivity index (χ1v) is 6.77. The van der Waals surface area contributed by atoms with Crippen LogP contribution in [0.2, 0.25) is 0 Å². The van der Waals surface area contributed by atoms with E-state index in [2.05, 4.69) is 26.8 Å². The molecule has 0 aliphatic rings. The molecule has 0 aliphatic heterocycles. The lowest BCUT2D eigenvalue weighted by atomic mass is 10.3. The summed E-state index contributed by atoms with van der Waals surface area (Å²) in [6.07, 6.45) is 5.64. The number of fused-ring (bicyclic) bond motifs is 1. The number of hydrogen-bond donors (Lipinski definition) is 0. The Balaban J connectivity index is 2.25. The predicted molar refractivity (Wildman–Crippen MR) is 75.2 cm³/mol. The van der Waals surface area contributed by atoms with Crippen LogP contribution in [0.5, 0.6) is 0 Å². The molecular weight excluding hydrogens is 248 g/mol. The highest BCUT2D eigenvalue weighted by atomic mass is 35.5. The van der Waals surface area contributed by atoms with Crippen molar-refractivity contribution >= 4 is 28.6 Å². The molecule has 0 spiro atoms. The second-order valence-electron chi connectivity index (χ2n) is 4.10. The number of unbranched alkanes of at least 4 members (excludes halogenated alkanes) is 1. The largest absolute Gasteiger partial charge is 0.355 e. The van der Waals surface area contributed by atoms with Crippen LogP contribution in [-0.4, -0.2) is 33.9 Å². The number of halogens is 1. The highest BCUT2D eigenvalue weighted by Gasteiger charge is 2.08. The van der Waals surface area contributed by atoms with Crippen LogP contribution in [0.15, 0.2) is 24.5 Å². The highest BCUT2D eigenvalue weighted by Crippen LogP contribution is 2.15. The quantitative estimate of drug-likeness (QED) is 0.753. The Kier molecular flexibility index (Phi) is 4.70. The van der Waals surface area contributed by atoms with Crippen LogP contribution < -0.4 is 4.90 Å². The van der Waals surface area contributed by atoms with Gasteiger partial charge in [-0.25, -0.2) is 9.97 Å². The van der Waals surface area contributed by atoms with Gasteiger partial charge in [-0.1, -0.05) is 13.3 Å². The van der Waals surface area contributed by atoms with E-state index in [-0.39, 0.29) is 0 Å². The van der Waals surface area contributed by atoms with E-state index in [4.69, 9.17) is 11.6 Å². The van der Waals surface area contributed by atoms with Gasteiger partial charge in [-0.05, 0) is 18.6 Å². The number of hydrogen-bond acceptors (Lipinski definition) is 4. The molecule has 0 saturated carbocycles. The maximum absolute atomic E-state index is 5.85. The summed E-state index contributed by atoms with van der Waals surface area (Å²) in [4.78, 5) is 15.2. The van der Waals surface area contributed by atoms with E-state index in [9.17, 15) is 0 Å². The summed E-state index contributed by atoms with van der Waals surface area (Å²) in [6, 6.07) is 3.94. The van der Waals surface area contributed by atoms with E-state index >= 15 is 0 Å². The van der Waals surface area contributed by atoms with Gasteiger partial charge in [0.1, 0.15) is 11.3 Å². The van der Waals surface area contributed by atoms with Crippen molar-refractivity contribution in [3.05, 3.63) is 24.5 Å². The molecule has 0 saturated heterocycles. The van der Waals surface area contributed by atoms with Gasteiger partial charge in [0.2, 0.25) is 0 Å². The van der Waals surface area contributed by atoms with Crippen LogP contribution in [0.3, 0.4) is 0 Å². The molecule has 18 heavy (non-hydrogen) atoms. The zero-order chi connectivity index (χ0) is 12.8. The molecule has 2 aromatic heterocycles. The molecule has 0 aromatic carbocycles. The molecule has 0 fully saturated rings. The molecular formula is C13H17ClN4. The fraction of sp³-hybridized carbons (Fsp3) is 0.462. The van der Waals surface area contributed by atoms with E-state index in [0.717, 1.165) is 37.3 Å². The number of alkyl halides is 1. The summed E-state index contributed by atoms with van der Waals surface area (Å²) in [6.45, 7) is 3.96. The van der Waals surface area contributed by atoms with Crippen LogP contribution in [0.1, 0.15) is 19.8 Å². The van der Waals surface area contributed by atoms with Crippen LogP contribution in [0.4, 0.5) is 5.82 Å². The summed E-state index contributed by atoms with van der Waals surface area (Å²) in [5.41, 5.74) is 1.51. The van der Waals surface area contributed by atoms with Gasteiger partial charge < -0.3 is 4.90 Å². The van der Waals surface area contributed by atoms with Crippen molar-refractivity contribution in [3.63, 3.8) is 0 Å². The minimum Gasteiger partial charge on any atom is -0.355 e. The summed E-state index contributed by atoms with van der Waals surface area (Å²) in [7, 11) is 0. The Morgan fingerprint density at radius 3 is 2.78 bits per heavy atom. The molecule has 0 amide bonds. The molecule has 0 atom stereocenters. The third-order valence-corrected chi connectivity index (χ3v) is 2.95. The number of pyridine rings is 1. The zero-order valence-corrected chi connectivity index (χ0v) is 11.3. The number of aromatic nitrogens is 3. The topological polar surface area (TPSA) is 41.9 Å². The Bertz CT molecular complexity index is 503. The van der Waals surface area contributed by atoms with Crippen LogP contribution >= 0.6 is 11.6 Å². The van der Waals surface area contributed by atoms with Gasteiger partial charge in [-0.3, -0.25) is 4.98 Å². The number of nitrogens with zero attached hydrogens (tertiary/aromatic N) is 4. The molecule has 4 nitrogen and oxygen atoms in total. The van der Waals surface area contributed by atoms with Crippen molar-refractivity contribution in [1.82, 2.24) is 15.0 Å². The molecule has 0 unspecified atom stereocenters. The fourth-order valence-electron chi connectivity index (χ4n) is 1.81. The lowest BCUT2D eigenvalue weighted by molar-refractivity contribution is 0.726. The maximum Gasteiger partial charge on any atom is 0.180 e. The van der Waals surface area contributed by atoms with Gasteiger partial charge in [0.15, 0.2) is 5.65 Å². The molecule has 2 aromatic rings. The second-order valence-corrected chi connectivity index (χ2v) is 4.48. The van der Waals surface area contributed by atoms with Crippen LogP contribution in [-0.2, 0) is 0 Å². The van der Waals surface area contributed by atoms with Gasteiger partial charge in [0.05, 0.1) is 0 Å². The first kappa shape index (κ1) is 13.0. The van der Waals surface area contributed by atoms with E-state index in [1.165, 1.54) is 0 Å². The first-order chi connectivity index (χ1) is 8.85. The smallest absolute Gasteiger partial charge is 0.180 e. The summed E-state index contributed by atoms with van der Waals surface area (Å²) in [5.74, 6) is 1.53. The van der Waals surface area contributed by atoms with E-state index in [1.807, 2.05) is 12.1 Å². The molecule has 96 valence electrons. The van der Waals surface area contributed by atoms with E-state index in [0.29, 0.717) is 11.5 Å². The van der Waals surface area contributed by atoms with Gasteiger partial charge in [0, 0.05) is 31.4 Å². The predicted octanol–water partition coefficient (Wildman–Crippen LogP) is 2.87. The Labute approximate surface area is 112 Å². The van der Waals surface area contributed by atoms with Crippen molar-refractivity contribution in [2.75, 3.05) is 23.9 Å². The molecule has 0 radical (unpaired) electrons. The van der Waals surface area contributed by atoms with E-state index in [1.54, 1.807) is 12.4 Å². The Morgan fingerprint density at radius 2 is 2.00 bits per heavy atom. The first-order valence-electron chi connectivity index (χ1n) is 6.24. The lowest BCUT2D eigenvalue weighted by Crippen LogP contribution is -2.27. The Hall–Kier alpha value is -1.42. The fourth-order valence-corrected chi connectivity index (χ4v) is 2.02. The molecule has 0 N–H and O–H groups in total. The number of anilines is 1. The molecule has 5 heteroatoms.